The van der Waals surface area contributed by atoms with Gasteiger partial charge in [0.1, 0.15) is 0 Å². The van der Waals surface area contributed by atoms with E-state index in [2.05, 4.69) is 72.8 Å². The maximum atomic E-state index is 7.17. The maximum absolute atomic E-state index is 7.17. The summed E-state index contributed by atoms with van der Waals surface area (Å²) in [5.41, 5.74) is 5.04. The van der Waals surface area contributed by atoms with Gasteiger partial charge in [0, 0.05) is 0 Å². The van der Waals surface area contributed by atoms with E-state index in [0.29, 0.717) is 0 Å². The normalized spacial score (nSPS) is 9.59. The van der Waals surface area contributed by atoms with Crippen LogP contribution in [0.15, 0.2) is 84.9 Å². The van der Waals surface area contributed by atoms with E-state index in [1.54, 1.807) is 0 Å². The Hall–Kier alpha value is -2.40. The third-order valence-corrected chi connectivity index (χ3v) is 3.08. The Kier molecular flexibility index (Phi) is 5.92. The van der Waals surface area contributed by atoms with E-state index in [-0.39, 0.29) is 0 Å². The molecule has 4 heteroatoms. The van der Waals surface area contributed by atoms with Crippen molar-refractivity contribution in [3.63, 3.8) is 0 Å². The van der Waals surface area contributed by atoms with Crippen molar-refractivity contribution in [1.29, 1.82) is 0 Å². The van der Waals surface area contributed by atoms with Gasteiger partial charge in [0.2, 0.25) is 0 Å². The Balaban J connectivity index is 0.000000396. The summed E-state index contributed by atoms with van der Waals surface area (Å²) in [6.07, 6.45) is 0. The second-order valence-corrected chi connectivity index (χ2v) is 4.66. The summed E-state index contributed by atoms with van der Waals surface area (Å²) in [5, 5.41) is 21.5. The maximum Gasteiger partial charge on any atom is 0.631 e. The Morgan fingerprint density at radius 2 is 0.773 bits per heavy atom. The molecule has 0 bridgehead atoms. The summed E-state index contributed by atoms with van der Waals surface area (Å²) in [5.74, 6) is 0. The molecule has 3 aromatic rings. The molecule has 0 saturated heterocycles. The molecule has 0 heterocycles. The standard InChI is InChI=1S/C18H14.BH3O3/c1-3-8-15(9-4-1)17-12-7-13-18(14-17)16-10-5-2-6-11-16;2-1(3)4/h1-14H;2-4H. The highest BCUT2D eigenvalue weighted by Crippen LogP contribution is 2.25. The lowest BCUT2D eigenvalue weighted by Crippen LogP contribution is -2.07. The highest BCUT2D eigenvalue weighted by molar-refractivity contribution is 6.30. The summed E-state index contributed by atoms with van der Waals surface area (Å²) in [4.78, 5) is 0. The highest BCUT2D eigenvalue weighted by atomic mass is 16.5. The summed E-state index contributed by atoms with van der Waals surface area (Å²) < 4.78 is 0. The fourth-order valence-corrected chi connectivity index (χ4v) is 2.14. The van der Waals surface area contributed by atoms with Crippen molar-refractivity contribution in [2.24, 2.45) is 0 Å². The minimum Gasteiger partial charge on any atom is -0.402 e. The van der Waals surface area contributed by atoms with Gasteiger partial charge in [0.15, 0.2) is 0 Å². The van der Waals surface area contributed by atoms with E-state index >= 15 is 0 Å². The first-order valence-corrected chi connectivity index (χ1v) is 6.92. The van der Waals surface area contributed by atoms with Gasteiger partial charge >= 0.3 is 7.32 Å². The topological polar surface area (TPSA) is 60.7 Å². The Morgan fingerprint density at radius 1 is 0.455 bits per heavy atom. The average molecular weight is 292 g/mol. The van der Waals surface area contributed by atoms with Crippen molar-refractivity contribution in [3.8, 4) is 22.3 Å². The second kappa shape index (κ2) is 8.15. The molecule has 110 valence electrons. The SMILES string of the molecule is OB(O)O.c1ccc(-c2cccc(-c3ccccc3)c2)cc1. The van der Waals surface area contributed by atoms with Crippen LogP contribution in [0.25, 0.3) is 22.3 Å². The minimum atomic E-state index is -2.17. The van der Waals surface area contributed by atoms with Crippen LogP contribution in [0.5, 0.6) is 0 Å². The van der Waals surface area contributed by atoms with E-state index in [1.165, 1.54) is 22.3 Å². The molecule has 0 aliphatic heterocycles. The molecule has 3 aromatic carbocycles. The van der Waals surface area contributed by atoms with Gasteiger partial charge in [-0.05, 0) is 28.3 Å². The minimum absolute atomic E-state index is 1.26. The summed E-state index contributed by atoms with van der Waals surface area (Å²) >= 11 is 0. The van der Waals surface area contributed by atoms with Crippen LogP contribution >= 0.6 is 0 Å². The van der Waals surface area contributed by atoms with Gasteiger partial charge in [0.05, 0.1) is 0 Å². The first-order chi connectivity index (χ1) is 10.7. The summed E-state index contributed by atoms with van der Waals surface area (Å²) in [6, 6.07) is 29.6. The molecule has 3 N–H and O–H groups in total. The molecule has 3 rings (SSSR count). The summed E-state index contributed by atoms with van der Waals surface area (Å²) in [7, 11) is -2.17. The van der Waals surface area contributed by atoms with Crippen molar-refractivity contribution in [3.05, 3.63) is 84.9 Å². The van der Waals surface area contributed by atoms with Gasteiger partial charge in [-0.25, -0.2) is 0 Å². The van der Waals surface area contributed by atoms with Gasteiger partial charge in [-0.15, -0.1) is 0 Å². The highest BCUT2D eigenvalue weighted by Gasteiger charge is 2.00. The van der Waals surface area contributed by atoms with Crippen LogP contribution in [0.2, 0.25) is 0 Å². The zero-order valence-corrected chi connectivity index (χ0v) is 12.0. The molecule has 0 radical (unpaired) electrons. The van der Waals surface area contributed by atoms with Crippen LogP contribution in [0.3, 0.4) is 0 Å². The molecular weight excluding hydrogens is 275 g/mol. The molecule has 22 heavy (non-hydrogen) atoms. The molecule has 0 spiro atoms. The van der Waals surface area contributed by atoms with Gasteiger partial charge in [-0.3, -0.25) is 0 Å². The summed E-state index contributed by atoms with van der Waals surface area (Å²) in [6.45, 7) is 0. The molecular formula is C18H17BO3. The molecule has 0 aliphatic rings. The number of rotatable bonds is 2. The average Bonchev–Trinajstić information content (AvgIpc) is 2.56. The van der Waals surface area contributed by atoms with E-state index in [0.717, 1.165) is 0 Å². The largest absolute Gasteiger partial charge is 0.631 e. The molecule has 0 unspecified atom stereocenters. The Bertz CT molecular complexity index is 627. The third kappa shape index (κ3) is 4.86. The van der Waals surface area contributed by atoms with Gasteiger partial charge in [-0.2, -0.15) is 0 Å². The first-order valence-electron chi connectivity index (χ1n) is 6.92. The van der Waals surface area contributed by atoms with Crippen LogP contribution < -0.4 is 0 Å². The molecule has 0 aromatic heterocycles. The quantitative estimate of drug-likeness (QED) is 0.636. The van der Waals surface area contributed by atoms with Crippen LogP contribution in [0, 0.1) is 0 Å². The van der Waals surface area contributed by atoms with E-state index in [1.807, 2.05) is 12.1 Å². The van der Waals surface area contributed by atoms with Gasteiger partial charge < -0.3 is 15.1 Å². The molecule has 0 aliphatic carbocycles. The van der Waals surface area contributed by atoms with E-state index in [9.17, 15) is 0 Å². The van der Waals surface area contributed by atoms with Crippen molar-refractivity contribution in [2.45, 2.75) is 0 Å². The molecule has 0 amide bonds. The van der Waals surface area contributed by atoms with E-state index in [4.69, 9.17) is 15.1 Å². The van der Waals surface area contributed by atoms with Crippen LogP contribution in [0.4, 0.5) is 0 Å². The number of hydrogen-bond donors (Lipinski definition) is 3. The van der Waals surface area contributed by atoms with Crippen molar-refractivity contribution in [1.82, 2.24) is 0 Å². The first kappa shape index (κ1) is 16.0. The lowest BCUT2D eigenvalue weighted by molar-refractivity contribution is 0.278. The Labute approximate surface area is 130 Å². The second-order valence-electron chi connectivity index (χ2n) is 4.66. The van der Waals surface area contributed by atoms with Crippen molar-refractivity contribution >= 4 is 7.32 Å². The fraction of sp³-hybridized carbons (Fsp3) is 0. The van der Waals surface area contributed by atoms with Gasteiger partial charge in [-0.1, -0.05) is 78.9 Å². The molecule has 3 nitrogen and oxygen atoms in total. The number of benzene rings is 3. The predicted molar refractivity (Wildman–Crippen MR) is 89.7 cm³/mol. The zero-order chi connectivity index (χ0) is 15.8. The van der Waals surface area contributed by atoms with Crippen molar-refractivity contribution in [2.75, 3.05) is 0 Å². The third-order valence-electron chi connectivity index (χ3n) is 3.08. The number of hydrogen-bond acceptors (Lipinski definition) is 3. The van der Waals surface area contributed by atoms with Gasteiger partial charge in [0.25, 0.3) is 0 Å². The monoisotopic (exact) mass is 292 g/mol. The molecule has 0 saturated carbocycles. The van der Waals surface area contributed by atoms with E-state index < -0.39 is 7.32 Å². The molecule has 0 fully saturated rings. The zero-order valence-electron chi connectivity index (χ0n) is 12.0. The lowest BCUT2D eigenvalue weighted by atomic mass is 9.99. The molecule has 0 atom stereocenters. The van der Waals surface area contributed by atoms with Crippen LogP contribution in [-0.2, 0) is 0 Å². The Morgan fingerprint density at radius 3 is 1.14 bits per heavy atom. The van der Waals surface area contributed by atoms with Crippen LogP contribution in [-0.4, -0.2) is 22.4 Å². The smallest absolute Gasteiger partial charge is 0.402 e. The fourth-order valence-electron chi connectivity index (χ4n) is 2.14. The predicted octanol–water partition coefficient (Wildman–Crippen LogP) is 2.97. The lowest BCUT2D eigenvalue weighted by Gasteiger charge is -2.05. The van der Waals surface area contributed by atoms with Crippen LogP contribution in [0.1, 0.15) is 0 Å². The van der Waals surface area contributed by atoms with Crippen molar-refractivity contribution < 1.29 is 15.1 Å².